The average Bonchev–Trinajstić information content (AvgIpc) is 2.46. The number of aromatic nitrogens is 4. The molecule has 0 fully saturated rings. The van der Waals surface area contributed by atoms with Gasteiger partial charge in [-0.1, -0.05) is 0 Å². The lowest BCUT2D eigenvalue weighted by atomic mass is 10.3. The Morgan fingerprint density at radius 3 is 3.00 bits per heavy atom. The van der Waals surface area contributed by atoms with Gasteiger partial charge in [-0.25, -0.2) is 9.78 Å². The van der Waals surface area contributed by atoms with Crippen LogP contribution in [0, 0.1) is 0 Å². The predicted octanol–water partition coefficient (Wildman–Crippen LogP) is 0.167. The molecule has 14 heavy (non-hydrogen) atoms. The van der Waals surface area contributed by atoms with E-state index in [1.54, 1.807) is 0 Å². The summed E-state index contributed by atoms with van der Waals surface area (Å²) in [5, 5.41) is 12.6. The Kier molecular flexibility index (Phi) is 1.84. The van der Waals surface area contributed by atoms with Crippen molar-refractivity contribution < 1.29 is 9.90 Å². The van der Waals surface area contributed by atoms with Gasteiger partial charge >= 0.3 is 5.97 Å². The summed E-state index contributed by atoms with van der Waals surface area (Å²) in [7, 11) is 0. The smallest absolute Gasteiger partial charge is 0.341 e. The van der Waals surface area contributed by atoms with E-state index in [1.807, 2.05) is 0 Å². The lowest BCUT2D eigenvalue weighted by Gasteiger charge is -2.00. The van der Waals surface area contributed by atoms with Gasteiger partial charge in [0.2, 0.25) is 4.73 Å². The van der Waals surface area contributed by atoms with E-state index in [1.165, 1.54) is 0 Å². The minimum Gasteiger partial charge on any atom is -0.477 e. The SMILES string of the molecule is Nc1c(C(=O)O)cnc2nc(Br)nn12. The largest absolute Gasteiger partial charge is 0.477 e. The van der Waals surface area contributed by atoms with Gasteiger partial charge in [-0.2, -0.15) is 9.50 Å². The Balaban J connectivity index is 2.80. The Morgan fingerprint density at radius 1 is 1.64 bits per heavy atom. The first-order valence-electron chi connectivity index (χ1n) is 3.49. The quantitative estimate of drug-likeness (QED) is 0.754. The fourth-order valence-corrected chi connectivity index (χ4v) is 1.31. The van der Waals surface area contributed by atoms with Crippen LogP contribution in [0.2, 0.25) is 0 Å². The first kappa shape index (κ1) is 8.88. The molecule has 0 aliphatic heterocycles. The number of fused-ring (bicyclic) bond motifs is 1. The third-order valence-electron chi connectivity index (χ3n) is 1.61. The first-order chi connectivity index (χ1) is 6.59. The van der Waals surface area contributed by atoms with Crippen LogP contribution >= 0.6 is 15.9 Å². The second-order valence-corrected chi connectivity index (χ2v) is 3.16. The highest BCUT2D eigenvalue weighted by molar-refractivity contribution is 9.10. The number of hydrogen-bond acceptors (Lipinski definition) is 5. The molecule has 0 aliphatic carbocycles. The third kappa shape index (κ3) is 1.20. The number of nitrogen functional groups attached to an aromatic ring is 1. The van der Waals surface area contributed by atoms with E-state index < -0.39 is 5.97 Å². The molecule has 0 saturated carbocycles. The van der Waals surface area contributed by atoms with E-state index in [2.05, 4.69) is 31.0 Å². The lowest BCUT2D eigenvalue weighted by Crippen LogP contribution is -2.09. The summed E-state index contributed by atoms with van der Waals surface area (Å²) in [6, 6.07) is 0. The first-order valence-corrected chi connectivity index (χ1v) is 4.29. The Morgan fingerprint density at radius 2 is 2.36 bits per heavy atom. The van der Waals surface area contributed by atoms with Crippen molar-refractivity contribution in [3.8, 4) is 0 Å². The van der Waals surface area contributed by atoms with E-state index >= 15 is 0 Å². The van der Waals surface area contributed by atoms with Gasteiger partial charge in [-0.05, 0) is 15.9 Å². The maximum Gasteiger partial charge on any atom is 0.341 e. The number of aromatic carboxylic acids is 1. The number of hydrogen-bond donors (Lipinski definition) is 2. The molecule has 0 amide bonds. The van der Waals surface area contributed by atoms with E-state index in [-0.39, 0.29) is 17.2 Å². The highest BCUT2D eigenvalue weighted by Gasteiger charge is 2.13. The van der Waals surface area contributed by atoms with Crippen LogP contribution in [0.5, 0.6) is 0 Å². The summed E-state index contributed by atoms with van der Waals surface area (Å²) in [6.45, 7) is 0. The average molecular weight is 258 g/mol. The molecule has 0 atom stereocenters. The molecule has 2 aromatic rings. The Labute approximate surface area is 85.7 Å². The van der Waals surface area contributed by atoms with Gasteiger partial charge < -0.3 is 10.8 Å². The molecular weight excluding hydrogens is 254 g/mol. The van der Waals surface area contributed by atoms with Crippen molar-refractivity contribution in [1.82, 2.24) is 19.6 Å². The van der Waals surface area contributed by atoms with Gasteiger partial charge in [0.1, 0.15) is 11.4 Å². The highest BCUT2D eigenvalue weighted by atomic mass is 79.9. The Bertz CT molecular complexity index is 522. The van der Waals surface area contributed by atoms with Gasteiger partial charge in [-0.3, -0.25) is 0 Å². The summed E-state index contributed by atoms with van der Waals surface area (Å²) in [6.07, 6.45) is 1.15. The van der Waals surface area contributed by atoms with Crippen molar-refractivity contribution in [3.05, 3.63) is 16.5 Å². The van der Waals surface area contributed by atoms with Gasteiger partial charge in [0.05, 0.1) is 0 Å². The van der Waals surface area contributed by atoms with Crippen LogP contribution in [0.3, 0.4) is 0 Å². The van der Waals surface area contributed by atoms with Crippen molar-refractivity contribution in [2.75, 3.05) is 5.73 Å². The molecular formula is C6H4BrN5O2. The Hall–Kier alpha value is -1.70. The van der Waals surface area contributed by atoms with Crippen LogP contribution < -0.4 is 5.73 Å². The van der Waals surface area contributed by atoms with Crippen LogP contribution in [-0.4, -0.2) is 30.7 Å². The van der Waals surface area contributed by atoms with Crippen LogP contribution in [-0.2, 0) is 0 Å². The summed E-state index contributed by atoms with van der Waals surface area (Å²) in [4.78, 5) is 18.3. The number of carboxylic acid groups (broad SMARTS) is 1. The summed E-state index contributed by atoms with van der Waals surface area (Å²) in [5.41, 5.74) is 5.45. The second kappa shape index (κ2) is 2.91. The van der Waals surface area contributed by atoms with Crippen LogP contribution in [0.1, 0.15) is 10.4 Å². The van der Waals surface area contributed by atoms with Crippen molar-refractivity contribution in [2.24, 2.45) is 0 Å². The lowest BCUT2D eigenvalue weighted by molar-refractivity contribution is 0.0697. The minimum absolute atomic E-state index is 0.000648. The molecule has 2 rings (SSSR count). The number of carboxylic acids is 1. The zero-order chi connectivity index (χ0) is 10.3. The molecule has 8 heteroatoms. The maximum atomic E-state index is 10.7. The van der Waals surface area contributed by atoms with E-state index in [4.69, 9.17) is 10.8 Å². The second-order valence-electron chi connectivity index (χ2n) is 2.45. The van der Waals surface area contributed by atoms with Crippen molar-refractivity contribution in [2.45, 2.75) is 0 Å². The summed E-state index contributed by atoms with van der Waals surface area (Å²) < 4.78 is 1.47. The molecule has 0 aromatic carbocycles. The van der Waals surface area contributed by atoms with Gasteiger partial charge in [0.25, 0.3) is 5.78 Å². The predicted molar refractivity (Wildman–Crippen MR) is 49.9 cm³/mol. The van der Waals surface area contributed by atoms with Crippen molar-refractivity contribution >= 4 is 33.5 Å². The van der Waals surface area contributed by atoms with Crippen LogP contribution in [0.25, 0.3) is 5.78 Å². The molecule has 2 aromatic heterocycles. The number of anilines is 1. The molecule has 7 nitrogen and oxygen atoms in total. The standard InChI is InChI=1S/C6H4BrN5O2/c7-5-10-6-9-1-2(4(13)14)3(8)12(6)11-5/h1H,8H2,(H,13,14). The molecule has 0 spiro atoms. The number of rotatable bonds is 1. The van der Waals surface area contributed by atoms with E-state index in [9.17, 15) is 4.79 Å². The molecule has 2 heterocycles. The maximum absolute atomic E-state index is 10.7. The molecule has 0 saturated heterocycles. The molecule has 0 unspecified atom stereocenters. The number of carbonyl (C=O) groups is 1. The van der Waals surface area contributed by atoms with E-state index in [0.717, 1.165) is 10.7 Å². The fraction of sp³-hybridized carbons (Fsp3) is 0. The monoisotopic (exact) mass is 257 g/mol. The highest BCUT2D eigenvalue weighted by Crippen LogP contribution is 2.13. The molecule has 72 valence electrons. The van der Waals surface area contributed by atoms with E-state index in [0.29, 0.717) is 4.73 Å². The zero-order valence-corrected chi connectivity index (χ0v) is 8.26. The van der Waals surface area contributed by atoms with Crippen LogP contribution in [0.4, 0.5) is 5.82 Å². The minimum atomic E-state index is -1.15. The topological polar surface area (TPSA) is 106 Å². The van der Waals surface area contributed by atoms with Gasteiger partial charge in [-0.15, -0.1) is 5.10 Å². The summed E-state index contributed by atoms with van der Waals surface area (Å²) in [5.74, 6) is -0.899. The number of nitrogens with zero attached hydrogens (tertiary/aromatic N) is 4. The number of nitrogens with two attached hydrogens (primary N) is 1. The fourth-order valence-electron chi connectivity index (χ4n) is 0.992. The molecule has 0 bridgehead atoms. The zero-order valence-electron chi connectivity index (χ0n) is 6.68. The normalized spacial score (nSPS) is 10.6. The van der Waals surface area contributed by atoms with Crippen LogP contribution in [0.15, 0.2) is 10.9 Å². The molecule has 3 N–H and O–H groups in total. The number of halogens is 1. The summed E-state index contributed by atoms with van der Waals surface area (Å²) >= 11 is 3.03. The van der Waals surface area contributed by atoms with Crippen molar-refractivity contribution in [1.29, 1.82) is 0 Å². The van der Waals surface area contributed by atoms with Gasteiger partial charge in [0, 0.05) is 6.20 Å². The third-order valence-corrected chi connectivity index (χ3v) is 1.94. The molecule has 0 aliphatic rings. The molecule has 0 radical (unpaired) electrons. The van der Waals surface area contributed by atoms with Crippen molar-refractivity contribution in [3.63, 3.8) is 0 Å². The van der Waals surface area contributed by atoms with Gasteiger partial charge in [0.15, 0.2) is 0 Å².